The van der Waals surface area contributed by atoms with E-state index >= 15 is 0 Å². The monoisotopic (exact) mass is 286 g/mol. The molecule has 1 N–H and O–H groups in total. The maximum absolute atomic E-state index is 10.9. The molecular weight excluding hydrogens is 276 g/mol. The smallest absolute Gasteiger partial charge is 0.335 e. The highest BCUT2D eigenvalue weighted by Gasteiger charge is 2.13. The molecule has 3 rings (SSSR count). The summed E-state index contributed by atoms with van der Waals surface area (Å²) >= 11 is 6.15. The fraction of sp³-hybridized carbons (Fsp3) is 0.0625. The van der Waals surface area contributed by atoms with Gasteiger partial charge in [0.2, 0.25) is 0 Å². The number of fused-ring (bicyclic) bond motifs is 1. The first kappa shape index (κ1) is 12.8. The summed E-state index contributed by atoms with van der Waals surface area (Å²) in [6.45, 7) is 1.98. The van der Waals surface area contributed by atoms with E-state index in [4.69, 9.17) is 21.1 Å². The molecule has 0 bridgehead atoms. The normalized spacial score (nSPS) is 10.9. The predicted molar refractivity (Wildman–Crippen MR) is 78.4 cm³/mol. The summed E-state index contributed by atoms with van der Waals surface area (Å²) in [5, 5.41) is 10.3. The number of carboxylic acids is 1. The Morgan fingerprint density at radius 3 is 2.65 bits per heavy atom. The van der Waals surface area contributed by atoms with Crippen molar-refractivity contribution >= 4 is 28.5 Å². The Morgan fingerprint density at radius 2 is 2.00 bits per heavy atom. The number of hydrogen-bond donors (Lipinski definition) is 1. The lowest BCUT2D eigenvalue weighted by molar-refractivity contribution is 0.0697. The molecule has 0 unspecified atom stereocenters. The first-order chi connectivity index (χ1) is 9.56. The summed E-state index contributed by atoms with van der Waals surface area (Å²) in [6, 6.07) is 12.4. The van der Waals surface area contributed by atoms with Gasteiger partial charge in [-0.05, 0) is 36.8 Å². The van der Waals surface area contributed by atoms with Gasteiger partial charge in [0, 0.05) is 10.9 Å². The van der Waals surface area contributed by atoms with Crippen molar-refractivity contribution in [3.8, 4) is 11.3 Å². The van der Waals surface area contributed by atoms with Crippen LogP contribution in [0.2, 0.25) is 5.02 Å². The zero-order chi connectivity index (χ0) is 14.3. The number of carbonyl (C=O) groups is 1. The molecule has 0 saturated carbocycles. The van der Waals surface area contributed by atoms with Crippen LogP contribution in [-0.2, 0) is 0 Å². The first-order valence-corrected chi connectivity index (χ1v) is 6.46. The third kappa shape index (κ3) is 2.06. The SMILES string of the molecule is Cc1cccc2cc(-c3ccc(C(=O)O)cc3Cl)oc12. The van der Waals surface area contributed by atoms with Crippen molar-refractivity contribution in [2.75, 3.05) is 0 Å². The maximum atomic E-state index is 10.9. The number of aryl methyl sites for hydroxylation is 1. The van der Waals surface area contributed by atoms with E-state index in [1.165, 1.54) is 12.1 Å². The van der Waals surface area contributed by atoms with Crippen LogP contribution in [0.15, 0.2) is 46.9 Å². The van der Waals surface area contributed by atoms with Crippen LogP contribution in [0.1, 0.15) is 15.9 Å². The summed E-state index contributed by atoms with van der Waals surface area (Å²) in [5.74, 6) is -0.366. The molecule has 2 aromatic carbocycles. The lowest BCUT2D eigenvalue weighted by Crippen LogP contribution is -1.95. The molecule has 0 spiro atoms. The second-order valence-corrected chi connectivity index (χ2v) is 5.01. The Hall–Kier alpha value is -2.26. The molecule has 0 fully saturated rings. The van der Waals surface area contributed by atoms with Crippen LogP contribution < -0.4 is 0 Å². The Bertz CT molecular complexity index is 818. The number of carboxylic acid groups (broad SMARTS) is 1. The Balaban J connectivity index is 2.16. The standard InChI is InChI=1S/C16H11ClO3/c1-9-3-2-4-10-8-14(20-15(9)10)12-6-5-11(16(18)19)7-13(12)17/h2-8H,1H3,(H,18,19). The van der Waals surface area contributed by atoms with Crippen LogP contribution in [-0.4, -0.2) is 11.1 Å². The highest BCUT2D eigenvalue weighted by Crippen LogP contribution is 2.34. The van der Waals surface area contributed by atoms with E-state index in [2.05, 4.69) is 0 Å². The topological polar surface area (TPSA) is 50.4 Å². The molecule has 0 saturated heterocycles. The molecule has 0 aliphatic rings. The molecule has 1 aromatic heterocycles. The molecule has 0 atom stereocenters. The molecular formula is C16H11ClO3. The number of halogens is 1. The van der Waals surface area contributed by atoms with Gasteiger partial charge < -0.3 is 9.52 Å². The van der Waals surface area contributed by atoms with Gasteiger partial charge in [0.25, 0.3) is 0 Å². The number of aromatic carboxylic acids is 1. The molecule has 4 heteroatoms. The quantitative estimate of drug-likeness (QED) is 0.739. The Morgan fingerprint density at radius 1 is 1.20 bits per heavy atom. The van der Waals surface area contributed by atoms with Gasteiger partial charge >= 0.3 is 5.97 Å². The van der Waals surface area contributed by atoms with Crippen LogP contribution in [0.3, 0.4) is 0 Å². The lowest BCUT2D eigenvalue weighted by Gasteiger charge is -2.02. The maximum Gasteiger partial charge on any atom is 0.335 e. The summed E-state index contributed by atoms with van der Waals surface area (Å²) in [4.78, 5) is 10.9. The molecule has 0 aliphatic carbocycles. The average Bonchev–Trinajstić information content (AvgIpc) is 2.83. The molecule has 20 heavy (non-hydrogen) atoms. The van der Waals surface area contributed by atoms with Gasteiger partial charge in [-0.25, -0.2) is 4.79 Å². The number of benzene rings is 2. The van der Waals surface area contributed by atoms with Gasteiger partial charge in [-0.15, -0.1) is 0 Å². The fourth-order valence-corrected chi connectivity index (χ4v) is 2.46. The van der Waals surface area contributed by atoms with Crippen molar-refractivity contribution in [3.63, 3.8) is 0 Å². The molecule has 3 nitrogen and oxygen atoms in total. The number of hydrogen-bond acceptors (Lipinski definition) is 2. The minimum absolute atomic E-state index is 0.158. The van der Waals surface area contributed by atoms with Crippen LogP contribution in [0.5, 0.6) is 0 Å². The van der Waals surface area contributed by atoms with Crippen molar-refractivity contribution in [1.29, 1.82) is 0 Å². The van der Waals surface area contributed by atoms with E-state index < -0.39 is 5.97 Å². The highest BCUT2D eigenvalue weighted by molar-refractivity contribution is 6.33. The summed E-state index contributed by atoms with van der Waals surface area (Å²) in [7, 11) is 0. The van der Waals surface area contributed by atoms with Gasteiger partial charge in [-0.3, -0.25) is 0 Å². The van der Waals surface area contributed by atoms with E-state index in [0.29, 0.717) is 16.3 Å². The zero-order valence-corrected chi connectivity index (χ0v) is 11.4. The van der Waals surface area contributed by atoms with Crippen molar-refractivity contribution in [2.45, 2.75) is 6.92 Å². The molecule has 100 valence electrons. The predicted octanol–water partition coefficient (Wildman–Crippen LogP) is 4.76. The van der Waals surface area contributed by atoms with Gasteiger partial charge in [-0.2, -0.15) is 0 Å². The lowest BCUT2D eigenvalue weighted by atomic mass is 10.1. The van der Waals surface area contributed by atoms with Crippen LogP contribution in [0.4, 0.5) is 0 Å². The molecule has 0 amide bonds. The highest BCUT2D eigenvalue weighted by atomic mass is 35.5. The number of furan rings is 1. The first-order valence-electron chi connectivity index (χ1n) is 6.08. The molecule has 1 heterocycles. The molecule has 0 aliphatic heterocycles. The largest absolute Gasteiger partial charge is 0.478 e. The zero-order valence-electron chi connectivity index (χ0n) is 10.7. The van der Waals surface area contributed by atoms with Gasteiger partial charge in [0.1, 0.15) is 11.3 Å². The third-order valence-corrected chi connectivity index (χ3v) is 3.54. The number of para-hydroxylation sites is 1. The Kier molecular flexibility index (Phi) is 2.99. The molecule has 0 radical (unpaired) electrons. The van der Waals surface area contributed by atoms with Crippen LogP contribution in [0.25, 0.3) is 22.3 Å². The third-order valence-electron chi connectivity index (χ3n) is 3.22. The average molecular weight is 287 g/mol. The van der Waals surface area contributed by atoms with E-state index in [9.17, 15) is 4.79 Å². The van der Waals surface area contributed by atoms with Crippen molar-refractivity contribution in [2.24, 2.45) is 0 Å². The minimum Gasteiger partial charge on any atom is -0.478 e. The second kappa shape index (κ2) is 4.69. The van der Waals surface area contributed by atoms with Crippen LogP contribution >= 0.6 is 11.6 Å². The summed E-state index contributed by atoms with van der Waals surface area (Å²) < 4.78 is 5.83. The second-order valence-electron chi connectivity index (χ2n) is 4.60. The summed E-state index contributed by atoms with van der Waals surface area (Å²) in [5.41, 5.74) is 2.71. The van der Waals surface area contributed by atoms with E-state index in [-0.39, 0.29) is 5.56 Å². The minimum atomic E-state index is -1.00. The van der Waals surface area contributed by atoms with Crippen molar-refractivity contribution in [1.82, 2.24) is 0 Å². The van der Waals surface area contributed by atoms with E-state index in [0.717, 1.165) is 16.5 Å². The molecule has 3 aromatic rings. The van der Waals surface area contributed by atoms with Gasteiger partial charge in [0.15, 0.2) is 0 Å². The fourth-order valence-electron chi connectivity index (χ4n) is 2.19. The van der Waals surface area contributed by atoms with Crippen molar-refractivity contribution in [3.05, 3.63) is 58.6 Å². The van der Waals surface area contributed by atoms with Crippen molar-refractivity contribution < 1.29 is 14.3 Å². The van der Waals surface area contributed by atoms with E-state index in [1.807, 2.05) is 31.2 Å². The number of rotatable bonds is 2. The van der Waals surface area contributed by atoms with E-state index in [1.54, 1.807) is 6.07 Å². The summed E-state index contributed by atoms with van der Waals surface area (Å²) in [6.07, 6.45) is 0. The van der Waals surface area contributed by atoms with Crippen LogP contribution in [0, 0.1) is 6.92 Å². The van der Waals surface area contributed by atoms with Gasteiger partial charge in [-0.1, -0.05) is 29.8 Å². The Labute approximate surface area is 120 Å². The van der Waals surface area contributed by atoms with Gasteiger partial charge in [0.05, 0.1) is 10.6 Å².